The van der Waals surface area contributed by atoms with E-state index in [-0.39, 0.29) is 0 Å². The maximum absolute atomic E-state index is 5.81. The summed E-state index contributed by atoms with van der Waals surface area (Å²) in [6, 6.07) is 16.8. The van der Waals surface area contributed by atoms with E-state index in [0.29, 0.717) is 0 Å². The third-order valence-electron chi connectivity index (χ3n) is 5.03. The molecule has 0 fully saturated rings. The molecule has 0 amide bonds. The predicted octanol–water partition coefficient (Wildman–Crippen LogP) is 6.43. The highest BCUT2D eigenvalue weighted by molar-refractivity contribution is 5.82. The summed E-state index contributed by atoms with van der Waals surface area (Å²) in [6.45, 7) is 3.97. The van der Waals surface area contributed by atoms with Gasteiger partial charge in [0.15, 0.2) is 0 Å². The Bertz CT molecular complexity index is 712. The van der Waals surface area contributed by atoms with E-state index in [2.05, 4.69) is 69.5 Å². The van der Waals surface area contributed by atoms with Crippen LogP contribution in [-0.4, -0.2) is 45.0 Å². The van der Waals surface area contributed by atoms with Gasteiger partial charge in [0.1, 0.15) is 18.9 Å². The fourth-order valence-corrected chi connectivity index (χ4v) is 3.09. The smallest absolute Gasteiger partial charge is 0.137 e. The van der Waals surface area contributed by atoms with Crippen LogP contribution in [0.15, 0.2) is 53.5 Å². The van der Waals surface area contributed by atoms with E-state index in [1.54, 1.807) is 0 Å². The molecule has 0 radical (unpaired) electrons. The molecule has 29 heavy (non-hydrogen) atoms. The van der Waals surface area contributed by atoms with Gasteiger partial charge in [-0.1, -0.05) is 51.2 Å². The summed E-state index contributed by atoms with van der Waals surface area (Å²) in [5.41, 5.74) is 3.50. The Morgan fingerprint density at radius 3 is 2.14 bits per heavy atom. The molecule has 0 spiro atoms. The van der Waals surface area contributed by atoms with Crippen molar-refractivity contribution in [2.24, 2.45) is 4.99 Å². The van der Waals surface area contributed by atoms with Crippen LogP contribution in [-0.2, 0) is 6.42 Å². The Morgan fingerprint density at radius 2 is 1.48 bits per heavy atom. The summed E-state index contributed by atoms with van der Waals surface area (Å²) in [5, 5.41) is 0. The standard InChI is InChI=1S/C26H39N2O/c1-5-6-7-8-9-10-11-23-12-16-25(17-13-23)27-22-24-14-18-26(19-15-24)29-21-20-28(2,3)4/h12-19,22H,5-11,20-21H2,1-4H3/q+1. The van der Waals surface area contributed by atoms with Gasteiger partial charge in [-0.2, -0.15) is 0 Å². The van der Waals surface area contributed by atoms with Crippen molar-refractivity contribution in [3.05, 3.63) is 59.7 Å². The monoisotopic (exact) mass is 395 g/mol. The molecule has 0 bridgehead atoms. The van der Waals surface area contributed by atoms with E-state index in [0.717, 1.165) is 34.6 Å². The molecule has 158 valence electrons. The molecule has 0 aliphatic carbocycles. The zero-order valence-electron chi connectivity index (χ0n) is 18.9. The van der Waals surface area contributed by atoms with Crippen LogP contribution in [0.4, 0.5) is 5.69 Å². The van der Waals surface area contributed by atoms with Crippen molar-refractivity contribution in [3.8, 4) is 5.75 Å². The fourth-order valence-electron chi connectivity index (χ4n) is 3.09. The number of benzene rings is 2. The maximum atomic E-state index is 5.81. The molecule has 0 saturated heterocycles. The first-order valence-corrected chi connectivity index (χ1v) is 11.1. The van der Waals surface area contributed by atoms with E-state index in [1.807, 2.05) is 18.3 Å². The molecule has 0 aliphatic heterocycles. The molecule has 3 heteroatoms. The van der Waals surface area contributed by atoms with E-state index in [9.17, 15) is 0 Å². The Labute approximate surface area is 178 Å². The second kappa shape index (κ2) is 12.4. The highest BCUT2D eigenvalue weighted by Gasteiger charge is 2.06. The minimum atomic E-state index is 0.724. The minimum Gasteiger partial charge on any atom is -0.488 e. The average Bonchev–Trinajstić information content (AvgIpc) is 2.70. The number of aryl methyl sites for hydroxylation is 1. The summed E-state index contributed by atoms with van der Waals surface area (Å²) in [4.78, 5) is 4.60. The SMILES string of the molecule is CCCCCCCCc1ccc(N=Cc2ccc(OCC[N+](C)(C)C)cc2)cc1. The van der Waals surface area contributed by atoms with Gasteiger partial charge in [0.25, 0.3) is 0 Å². The largest absolute Gasteiger partial charge is 0.488 e. The van der Waals surface area contributed by atoms with Crippen LogP contribution in [0.2, 0.25) is 0 Å². The third-order valence-corrected chi connectivity index (χ3v) is 5.03. The number of nitrogens with zero attached hydrogens (tertiary/aromatic N) is 2. The summed E-state index contributed by atoms with van der Waals surface area (Å²) in [7, 11) is 6.51. The minimum absolute atomic E-state index is 0.724. The second-order valence-electron chi connectivity index (χ2n) is 8.87. The van der Waals surface area contributed by atoms with Gasteiger partial charge in [-0.05, 0) is 60.4 Å². The van der Waals surface area contributed by atoms with Gasteiger partial charge in [0.05, 0.1) is 26.8 Å². The predicted molar refractivity (Wildman–Crippen MR) is 126 cm³/mol. The highest BCUT2D eigenvalue weighted by atomic mass is 16.5. The first-order chi connectivity index (χ1) is 14.0. The summed E-state index contributed by atoms with van der Waals surface area (Å²) < 4.78 is 6.72. The van der Waals surface area contributed by atoms with Crippen molar-refractivity contribution in [2.75, 3.05) is 34.3 Å². The maximum Gasteiger partial charge on any atom is 0.137 e. The Kier molecular flexibility index (Phi) is 9.93. The lowest BCUT2D eigenvalue weighted by Gasteiger charge is -2.23. The van der Waals surface area contributed by atoms with Crippen LogP contribution >= 0.6 is 0 Å². The molecule has 0 N–H and O–H groups in total. The van der Waals surface area contributed by atoms with Crippen molar-refractivity contribution in [2.45, 2.75) is 51.9 Å². The molecule has 2 aromatic rings. The number of unbranched alkanes of at least 4 members (excludes halogenated alkanes) is 5. The van der Waals surface area contributed by atoms with Crippen molar-refractivity contribution >= 4 is 11.9 Å². The second-order valence-corrected chi connectivity index (χ2v) is 8.87. The van der Waals surface area contributed by atoms with Crippen LogP contribution in [0.1, 0.15) is 56.6 Å². The number of hydrogen-bond donors (Lipinski definition) is 0. The van der Waals surface area contributed by atoms with Gasteiger partial charge in [-0.25, -0.2) is 0 Å². The van der Waals surface area contributed by atoms with Gasteiger partial charge >= 0.3 is 0 Å². The van der Waals surface area contributed by atoms with Crippen molar-refractivity contribution in [3.63, 3.8) is 0 Å². The van der Waals surface area contributed by atoms with Crippen LogP contribution in [0.3, 0.4) is 0 Å². The zero-order chi connectivity index (χ0) is 21.0. The lowest BCUT2D eigenvalue weighted by Crippen LogP contribution is -2.38. The molecule has 0 unspecified atom stereocenters. The average molecular weight is 396 g/mol. The van der Waals surface area contributed by atoms with Gasteiger partial charge in [0.2, 0.25) is 0 Å². The molecule has 0 saturated carbocycles. The number of rotatable bonds is 13. The first-order valence-electron chi connectivity index (χ1n) is 11.1. The van der Waals surface area contributed by atoms with E-state index in [4.69, 9.17) is 4.74 Å². The van der Waals surface area contributed by atoms with Gasteiger partial charge in [-0.3, -0.25) is 4.99 Å². The summed E-state index contributed by atoms with van der Waals surface area (Å²) in [6.07, 6.45) is 11.2. The summed E-state index contributed by atoms with van der Waals surface area (Å²) >= 11 is 0. The lowest BCUT2D eigenvalue weighted by molar-refractivity contribution is -0.870. The number of likely N-dealkylation sites (N-methyl/N-ethyl adjacent to an activating group) is 1. The quantitative estimate of drug-likeness (QED) is 0.218. The fraction of sp³-hybridized carbons (Fsp3) is 0.500. The molecular weight excluding hydrogens is 356 g/mol. The molecule has 0 heterocycles. The topological polar surface area (TPSA) is 21.6 Å². The number of hydrogen-bond acceptors (Lipinski definition) is 2. The summed E-state index contributed by atoms with van der Waals surface area (Å²) in [5.74, 6) is 0.912. The van der Waals surface area contributed by atoms with E-state index < -0.39 is 0 Å². The number of aliphatic imine (C=N–C) groups is 1. The molecule has 2 rings (SSSR count). The Morgan fingerprint density at radius 1 is 0.828 bits per heavy atom. The lowest BCUT2D eigenvalue weighted by atomic mass is 10.0. The van der Waals surface area contributed by atoms with Gasteiger partial charge in [-0.15, -0.1) is 0 Å². The van der Waals surface area contributed by atoms with Crippen LogP contribution in [0.5, 0.6) is 5.75 Å². The van der Waals surface area contributed by atoms with Crippen molar-refractivity contribution in [1.82, 2.24) is 0 Å². The third kappa shape index (κ3) is 10.3. The molecule has 0 aromatic heterocycles. The number of quaternary nitrogens is 1. The zero-order valence-corrected chi connectivity index (χ0v) is 18.9. The number of ether oxygens (including phenoxy) is 1. The van der Waals surface area contributed by atoms with E-state index in [1.165, 1.54) is 50.5 Å². The molecule has 3 nitrogen and oxygen atoms in total. The van der Waals surface area contributed by atoms with Crippen molar-refractivity contribution < 1.29 is 9.22 Å². The van der Waals surface area contributed by atoms with Crippen LogP contribution in [0.25, 0.3) is 0 Å². The van der Waals surface area contributed by atoms with Crippen molar-refractivity contribution in [1.29, 1.82) is 0 Å². The first kappa shape index (κ1) is 23.2. The van der Waals surface area contributed by atoms with E-state index >= 15 is 0 Å². The molecule has 0 aliphatic rings. The Hall–Kier alpha value is -2.13. The Balaban J connectivity index is 1.75. The van der Waals surface area contributed by atoms with Gasteiger partial charge in [0, 0.05) is 6.21 Å². The van der Waals surface area contributed by atoms with Crippen LogP contribution in [0, 0.1) is 0 Å². The molecular formula is C26H39N2O+. The normalized spacial score (nSPS) is 11.9. The molecule has 2 aromatic carbocycles. The molecule has 0 atom stereocenters. The van der Waals surface area contributed by atoms with Crippen LogP contribution < -0.4 is 4.74 Å². The highest BCUT2D eigenvalue weighted by Crippen LogP contribution is 2.17. The van der Waals surface area contributed by atoms with Gasteiger partial charge < -0.3 is 9.22 Å².